The van der Waals surface area contributed by atoms with E-state index in [0.717, 1.165) is 5.56 Å². The molecule has 0 aliphatic carbocycles. The summed E-state index contributed by atoms with van der Waals surface area (Å²) in [6.45, 7) is 0.348. The third-order valence-corrected chi connectivity index (χ3v) is 2.72. The maximum absolute atomic E-state index is 5.93. The maximum Gasteiger partial charge on any atom is 0.323 e. The van der Waals surface area contributed by atoms with Crippen LogP contribution < -0.4 is 15.0 Å². The van der Waals surface area contributed by atoms with Gasteiger partial charge in [0.05, 0.1) is 0 Å². The number of nitrogens with one attached hydrogen (secondary N) is 1. The molecule has 0 aliphatic rings. The minimum atomic E-state index is 0.271. The zero-order valence-electron chi connectivity index (χ0n) is 11.6. The summed E-state index contributed by atoms with van der Waals surface area (Å²) in [7, 11) is 5.46. The molecule has 0 amide bonds. The van der Waals surface area contributed by atoms with Crippen molar-refractivity contribution in [2.24, 2.45) is 0 Å². The Labute approximate surface area is 122 Å². The molecule has 2 rings (SSSR count). The Kier molecular flexibility index (Phi) is 4.57. The Hall–Kier alpha value is -2.08. The third kappa shape index (κ3) is 3.71. The van der Waals surface area contributed by atoms with Crippen LogP contribution in [0.5, 0.6) is 6.01 Å². The van der Waals surface area contributed by atoms with Crippen LogP contribution in [0.3, 0.4) is 0 Å². The molecule has 0 radical (unpaired) electrons. The van der Waals surface area contributed by atoms with E-state index in [2.05, 4.69) is 20.3 Å². The molecule has 1 aromatic heterocycles. The van der Waals surface area contributed by atoms with Crippen molar-refractivity contribution in [1.29, 1.82) is 0 Å². The Morgan fingerprint density at radius 1 is 1.25 bits per heavy atom. The van der Waals surface area contributed by atoms with Crippen LogP contribution >= 0.6 is 11.6 Å². The Bertz CT molecular complexity index is 591. The molecule has 106 valence electrons. The normalized spacial score (nSPS) is 10.2. The second kappa shape index (κ2) is 6.38. The second-order valence-electron chi connectivity index (χ2n) is 4.30. The van der Waals surface area contributed by atoms with Gasteiger partial charge in [-0.15, -0.1) is 0 Å². The van der Waals surface area contributed by atoms with Gasteiger partial charge in [0.25, 0.3) is 0 Å². The molecule has 2 aromatic rings. The number of halogens is 1. The highest BCUT2D eigenvalue weighted by Gasteiger charge is 2.08. The van der Waals surface area contributed by atoms with Crippen LogP contribution in [0.25, 0.3) is 0 Å². The number of aromatic nitrogens is 3. The van der Waals surface area contributed by atoms with Gasteiger partial charge in [-0.2, -0.15) is 15.0 Å². The van der Waals surface area contributed by atoms with Crippen LogP contribution in [0.1, 0.15) is 5.56 Å². The average molecular weight is 294 g/mol. The lowest BCUT2D eigenvalue weighted by molar-refractivity contribution is 0.280. The monoisotopic (exact) mass is 293 g/mol. The fourth-order valence-corrected chi connectivity index (χ4v) is 1.71. The van der Waals surface area contributed by atoms with Crippen LogP contribution in [0.15, 0.2) is 24.3 Å². The molecule has 1 heterocycles. The minimum Gasteiger partial charge on any atom is -0.458 e. The van der Waals surface area contributed by atoms with E-state index in [1.54, 1.807) is 11.9 Å². The van der Waals surface area contributed by atoms with Gasteiger partial charge in [0.1, 0.15) is 6.61 Å². The van der Waals surface area contributed by atoms with E-state index in [-0.39, 0.29) is 6.01 Å². The van der Waals surface area contributed by atoms with Crippen molar-refractivity contribution in [3.8, 4) is 6.01 Å². The number of benzene rings is 1. The van der Waals surface area contributed by atoms with Crippen molar-refractivity contribution < 1.29 is 4.74 Å². The van der Waals surface area contributed by atoms with Crippen LogP contribution in [0.4, 0.5) is 11.9 Å². The molecule has 0 saturated heterocycles. The number of hydrogen-bond acceptors (Lipinski definition) is 6. The predicted octanol–water partition coefficient (Wildman–Crippen LogP) is 2.21. The first-order chi connectivity index (χ1) is 9.58. The molecule has 1 aromatic carbocycles. The van der Waals surface area contributed by atoms with Gasteiger partial charge in [-0.05, 0) is 17.7 Å². The van der Waals surface area contributed by atoms with Gasteiger partial charge >= 0.3 is 6.01 Å². The SMILES string of the molecule is CNc1nc(OCc2cccc(Cl)c2)nc(N(C)C)n1. The van der Waals surface area contributed by atoms with Gasteiger partial charge in [0, 0.05) is 26.2 Å². The highest BCUT2D eigenvalue weighted by atomic mass is 35.5. The Morgan fingerprint density at radius 3 is 2.70 bits per heavy atom. The standard InChI is InChI=1S/C13H16ClN5O/c1-15-11-16-12(19(2)3)18-13(17-11)20-8-9-5-4-6-10(14)7-9/h4-7H,8H2,1-3H3,(H,15,16,17,18). The number of nitrogens with zero attached hydrogens (tertiary/aromatic N) is 4. The summed E-state index contributed by atoms with van der Waals surface area (Å²) in [6.07, 6.45) is 0. The molecule has 0 bridgehead atoms. The van der Waals surface area contributed by atoms with Crippen molar-refractivity contribution >= 4 is 23.5 Å². The summed E-state index contributed by atoms with van der Waals surface area (Å²) in [6, 6.07) is 7.73. The lowest BCUT2D eigenvalue weighted by Gasteiger charge is -2.12. The smallest absolute Gasteiger partial charge is 0.323 e. The largest absolute Gasteiger partial charge is 0.458 e. The maximum atomic E-state index is 5.93. The fraction of sp³-hybridized carbons (Fsp3) is 0.308. The van der Waals surface area contributed by atoms with Gasteiger partial charge in [-0.3, -0.25) is 0 Å². The van der Waals surface area contributed by atoms with Crippen molar-refractivity contribution in [3.05, 3.63) is 34.9 Å². The van der Waals surface area contributed by atoms with E-state index >= 15 is 0 Å². The van der Waals surface area contributed by atoms with Gasteiger partial charge in [0.2, 0.25) is 11.9 Å². The summed E-state index contributed by atoms with van der Waals surface area (Å²) in [4.78, 5) is 14.4. The predicted molar refractivity (Wildman–Crippen MR) is 79.5 cm³/mol. The highest BCUT2D eigenvalue weighted by molar-refractivity contribution is 6.30. The zero-order valence-corrected chi connectivity index (χ0v) is 12.3. The number of anilines is 2. The van der Waals surface area contributed by atoms with Gasteiger partial charge in [-0.25, -0.2) is 0 Å². The van der Waals surface area contributed by atoms with Crippen molar-refractivity contribution in [2.45, 2.75) is 6.61 Å². The molecule has 0 saturated carbocycles. The molecule has 7 heteroatoms. The summed E-state index contributed by atoms with van der Waals surface area (Å²) in [5.74, 6) is 0.996. The molecule has 20 heavy (non-hydrogen) atoms. The summed E-state index contributed by atoms with van der Waals surface area (Å²) in [5.41, 5.74) is 0.954. The summed E-state index contributed by atoms with van der Waals surface area (Å²) >= 11 is 5.93. The van der Waals surface area contributed by atoms with E-state index in [1.807, 2.05) is 38.4 Å². The number of ether oxygens (including phenoxy) is 1. The molecular weight excluding hydrogens is 278 g/mol. The fourth-order valence-electron chi connectivity index (χ4n) is 1.50. The van der Waals surface area contributed by atoms with Crippen LogP contribution in [-0.4, -0.2) is 36.1 Å². The van der Waals surface area contributed by atoms with E-state index in [0.29, 0.717) is 23.5 Å². The van der Waals surface area contributed by atoms with Crippen LogP contribution in [0.2, 0.25) is 5.02 Å². The second-order valence-corrected chi connectivity index (χ2v) is 4.74. The first-order valence-electron chi connectivity index (χ1n) is 6.07. The topological polar surface area (TPSA) is 63.2 Å². The molecule has 0 unspecified atom stereocenters. The van der Waals surface area contributed by atoms with Crippen molar-refractivity contribution in [1.82, 2.24) is 15.0 Å². The zero-order chi connectivity index (χ0) is 14.5. The van der Waals surface area contributed by atoms with E-state index in [4.69, 9.17) is 16.3 Å². The molecular formula is C13H16ClN5O. The molecule has 0 aliphatic heterocycles. The lowest BCUT2D eigenvalue weighted by atomic mass is 10.2. The number of rotatable bonds is 5. The molecule has 0 atom stereocenters. The summed E-state index contributed by atoms with van der Waals surface area (Å²) in [5, 5.41) is 3.55. The average Bonchev–Trinajstić information content (AvgIpc) is 2.45. The van der Waals surface area contributed by atoms with Gasteiger partial charge < -0.3 is 15.0 Å². The van der Waals surface area contributed by atoms with Crippen LogP contribution in [0, 0.1) is 0 Å². The first kappa shape index (κ1) is 14.3. The Balaban J connectivity index is 2.14. The molecule has 1 N–H and O–H groups in total. The van der Waals surface area contributed by atoms with Gasteiger partial charge in [0.15, 0.2) is 0 Å². The van der Waals surface area contributed by atoms with Gasteiger partial charge in [-0.1, -0.05) is 23.7 Å². The van der Waals surface area contributed by atoms with Crippen molar-refractivity contribution in [2.75, 3.05) is 31.4 Å². The quantitative estimate of drug-likeness (QED) is 0.912. The highest BCUT2D eigenvalue weighted by Crippen LogP contribution is 2.15. The van der Waals surface area contributed by atoms with E-state index in [9.17, 15) is 0 Å². The summed E-state index contributed by atoms with van der Waals surface area (Å²) < 4.78 is 5.59. The van der Waals surface area contributed by atoms with E-state index < -0.39 is 0 Å². The minimum absolute atomic E-state index is 0.271. The lowest BCUT2D eigenvalue weighted by Crippen LogP contribution is -2.15. The third-order valence-electron chi connectivity index (χ3n) is 2.48. The molecule has 0 spiro atoms. The molecule has 0 fully saturated rings. The van der Waals surface area contributed by atoms with E-state index in [1.165, 1.54) is 0 Å². The first-order valence-corrected chi connectivity index (χ1v) is 6.44. The Morgan fingerprint density at radius 2 is 2.05 bits per heavy atom. The molecule has 6 nitrogen and oxygen atoms in total. The number of hydrogen-bond donors (Lipinski definition) is 1. The van der Waals surface area contributed by atoms with Crippen LogP contribution in [-0.2, 0) is 6.61 Å². The van der Waals surface area contributed by atoms with Crippen molar-refractivity contribution in [3.63, 3.8) is 0 Å².